The molecule has 2 aromatic rings. The quantitative estimate of drug-likeness (QED) is 0.320. The van der Waals surface area contributed by atoms with Gasteiger partial charge in [0, 0.05) is 12.6 Å². The van der Waals surface area contributed by atoms with Crippen LogP contribution in [0.3, 0.4) is 0 Å². The molecule has 9 heteroatoms. The number of amides is 1. The maximum absolute atomic E-state index is 13.2. The van der Waals surface area contributed by atoms with Crippen molar-refractivity contribution in [1.29, 1.82) is 0 Å². The van der Waals surface area contributed by atoms with E-state index in [0.29, 0.717) is 17.1 Å². The van der Waals surface area contributed by atoms with Gasteiger partial charge in [0.2, 0.25) is 0 Å². The highest BCUT2D eigenvalue weighted by Crippen LogP contribution is 2.43. The third-order valence-corrected chi connectivity index (χ3v) is 5.78. The lowest BCUT2D eigenvalue weighted by molar-refractivity contribution is -0.140. The number of nitrogens with zero attached hydrogens (tertiary/aromatic N) is 1. The number of aliphatic hydroxyl groups is 1. The van der Waals surface area contributed by atoms with Crippen molar-refractivity contribution in [3.63, 3.8) is 0 Å². The van der Waals surface area contributed by atoms with Crippen LogP contribution in [0.1, 0.15) is 31.0 Å². The number of halogens is 1. The fourth-order valence-corrected chi connectivity index (χ4v) is 4.06. The van der Waals surface area contributed by atoms with E-state index in [1.807, 2.05) is 13.8 Å². The highest BCUT2D eigenvalue weighted by Gasteiger charge is 2.46. The van der Waals surface area contributed by atoms with E-state index in [1.165, 1.54) is 31.3 Å². The average molecular weight is 490 g/mol. The Bertz CT molecular complexity index is 1100. The van der Waals surface area contributed by atoms with Gasteiger partial charge in [-0.3, -0.25) is 9.59 Å². The van der Waals surface area contributed by atoms with E-state index in [-0.39, 0.29) is 41.2 Å². The Hall–Kier alpha value is -3.23. The predicted octanol–water partition coefficient (Wildman–Crippen LogP) is 4.21. The smallest absolute Gasteiger partial charge is 0.295 e. The SMILES string of the molecule is COc1ccc(C2/C(=C(\O)c3cc(Cl)c(OC)cc3OC)C(=O)C(=O)N2CCOC(C)C)cc1. The van der Waals surface area contributed by atoms with Crippen LogP contribution in [0.25, 0.3) is 5.76 Å². The molecule has 1 N–H and O–H groups in total. The zero-order valence-electron chi connectivity index (χ0n) is 19.8. The number of methoxy groups -OCH3 is 3. The molecule has 0 saturated carbocycles. The first-order chi connectivity index (χ1) is 16.2. The summed E-state index contributed by atoms with van der Waals surface area (Å²) in [5.41, 5.74) is 0.729. The maximum atomic E-state index is 13.2. The van der Waals surface area contributed by atoms with Crippen LogP contribution < -0.4 is 14.2 Å². The van der Waals surface area contributed by atoms with Crippen molar-refractivity contribution in [2.75, 3.05) is 34.5 Å². The van der Waals surface area contributed by atoms with Crippen LogP contribution in [-0.4, -0.2) is 62.3 Å². The molecule has 1 heterocycles. The molecule has 1 saturated heterocycles. The predicted molar refractivity (Wildman–Crippen MR) is 128 cm³/mol. The van der Waals surface area contributed by atoms with Crippen molar-refractivity contribution < 1.29 is 33.6 Å². The number of benzene rings is 2. The van der Waals surface area contributed by atoms with Crippen molar-refractivity contribution in [1.82, 2.24) is 4.90 Å². The van der Waals surface area contributed by atoms with E-state index >= 15 is 0 Å². The van der Waals surface area contributed by atoms with E-state index in [9.17, 15) is 14.7 Å². The Kier molecular flexibility index (Phi) is 8.06. The molecule has 1 fully saturated rings. The molecule has 0 radical (unpaired) electrons. The standard InChI is InChI=1S/C25H28ClNO7/c1-14(2)34-11-10-27-22(15-6-8-16(31-3)9-7-15)21(24(29)25(27)30)23(28)17-12-18(26)20(33-5)13-19(17)32-4/h6-9,12-14,22,28H,10-11H2,1-5H3/b23-21+. The Morgan fingerprint density at radius 3 is 2.24 bits per heavy atom. The fourth-order valence-electron chi connectivity index (χ4n) is 3.82. The van der Waals surface area contributed by atoms with Gasteiger partial charge in [-0.1, -0.05) is 23.7 Å². The summed E-state index contributed by atoms with van der Waals surface area (Å²) in [5, 5.41) is 11.5. The second kappa shape index (κ2) is 10.8. The largest absolute Gasteiger partial charge is 0.507 e. The van der Waals surface area contributed by atoms with Gasteiger partial charge in [-0.25, -0.2) is 0 Å². The normalized spacial score (nSPS) is 17.4. The zero-order chi connectivity index (χ0) is 25.0. The summed E-state index contributed by atoms with van der Waals surface area (Å²) in [6.45, 7) is 4.16. The molecule has 0 spiro atoms. The summed E-state index contributed by atoms with van der Waals surface area (Å²) in [5.74, 6) is -0.736. The number of ether oxygens (including phenoxy) is 4. The number of rotatable bonds is 9. The van der Waals surface area contributed by atoms with E-state index < -0.39 is 23.5 Å². The van der Waals surface area contributed by atoms with E-state index in [2.05, 4.69) is 0 Å². The number of Topliss-reactive ketones (excluding diaryl/α,β-unsaturated/α-hetero) is 1. The van der Waals surface area contributed by atoms with Gasteiger partial charge >= 0.3 is 0 Å². The van der Waals surface area contributed by atoms with Crippen LogP contribution >= 0.6 is 11.6 Å². The Balaban J connectivity index is 2.17. The molecular weight excluding hydrogens is 462 g/mol. The molecule has 1 aliphatic rings. The van der Waals surface area contributed by atoms with Gasteiger partial charge in [0.15, 0.2) is 0 Å². The van der Waals surface area contributed by atoms with Gasteiger partial charge in [0.1, 0.15) is 23.0 Å². The number of likely N-dealkylation sites (tertiary alicyclic amines) is 1. The van der Waals surface area contributed by atoms with Gasteiger partial charge in [-0.15, -0.1) is 0 Å². The van der Waals surface area contributed by atoms with E-state index in [4.69, 9.17) is 30.5 Å². The van der Waals surface area contributed by atoms with Crippen molar-refractivity contribution in [2.45, 2.75) is 26.0 Å². The molecule has 1 amide bonds. The van der Waals surface area contributed by atoms with E-state index in [0.717, 1.165) is 0 Å². The van der Waals surface area contributed by atoms with Crippen LogP contribution in [0.15, 0.2) is 42.0 Å². The number of carbonyl (C=O) groups is 2. The molecule has 3 rings (SSSR count). The molecule has 0 aromatic heterocycles. The minimum absolute atomic E-state index is 0.0399. The molecule has 8 nitrogen and oxygen atoms in total. The zero-order valence-corrected chi connectivity index (χ0v) is 20.5. The minimum atomic E-state index is -0.841. The number of aliphatic hydroxyl groups excluding tert-OH is 1. The van der Waals surface area contributed by atoms with Crippen molar-refractivity contribution in [2.24, 2.45) is 0 Å². The summed E-state index contributed by atoms with van der Waals surface area (Å²) in [7, 11) is 4.42. The molecule has 0 aliphatic carbocycles. The number of hydrogen-bond acceptors (Lipinski definition) is 7. The Morgan fingerprint density at radius 1 is 1.03 bits per heavy atom. The van der Waals surface area contributed by atoms with Crippen LogP contribution in [0.5, 0.6) is 17.2 Å². The molecular formula is C25H28ClNO7. The van der Waals surface area contributed by atoms with Gasteiger partial charge < -0.3 is 29.0 Å². The maximum Gasteiger partial charge on any atom is 0.295 e. The fraction of sp³-hybridized carbons (Fsp3) is 0.360. The van der Waals surface area contributed by atoms with Crippen LogP contribution in [-0.2, 0) is 14.3 Å². The van der Waals surface area contributed by atoms with Crippen LogP contribution in [0.2, 0.25) is 5.02 Å². The van der Waals surface area contributed by atoms with Gasteiger partial charge in [0.25, 0.3) is 11.7 Å². The second-order valence-corrected chi connectivity index (χ2v) is 8.28. The van der Waals surface area contributed by atoms with E-state index in [1.54, 1.807) is 31.4 Å². The molecule has 1 atom stereocenters. The first kappa shape index (κ1) is 25.4. The first-order valence-corrected chi connectivity index (χ1v) is 11.1. The number of carbonyl (C=O) groups excluding carboxylic acids is 2. The van der Waals surface area contributed by atoms with Crippen molar-refractivity contribution in [3.05, 3.63) is 58.1 Å². The summed E-state index contributed by atoms with van der Waals surface area (Å²) >= 11 is 6.28. The Labute approximate surface area is 203 Å². The lowest BCUT2D eigenvalue weighted by Gasteiger charge is -2.26. The first-order valence-electron chi connectivity index (χ1n) is 10.7. The lowest BCUT2D eigenvalue weighted by atomic mass is 9.95. The second-order valence-electron chi connectivity index (χ2n) is 7.87. The molecule has 34 heavy (non-hydrogen) atoms. The highest BCUT2D eigenvalue weighted by atomic mass is 35.5. The summed E-state index contributed by atoms with van der Waals surface area (Å²) in [4.78, 5) is 27.6. The van der Waals surface area contributed by atoms with Crippen LogP contribution in [0.4, 0.5) is 0 Å². The summed E-state index contributed by atoms with van der Waals surface area (Å²) < 4.78 is 21.5. The van der Waals surface area contributed by atoms with Crippen molar-refractivity contribution >= 4 is 29.1 Å². The van der Waals surface area contributed by atoms with Crippen LogP contribution in [0, 0.1) is 0 Å². The molecule has 0 bridgehead atoms. The third-order valence-electron chi connectivity index (χ3n) is 5.48. The molecule has 182 valence electrons. The number of hydrogen-bond donors (Lipinski definition) is 1. The van der Waals surface area contributed by atoms with Gasteiger partial charge in [0.05, 0.1) is 56.2 Å². The third kappa shape index (κ3) is 4.98. The monoisotopic (exact) mass is 489 g/mol. The minimum Gasteiger partial charge on any atom is -0.507 e. The number of ketones is 1. The molecule has 2 aromatic carbocycles. The Morgan fingerprint density at radius 2 is 1.68 bits per heavy atom. The van der Waals surface area contributed by atoms with Crippen molar-refractivity contribution in [3.8, 4) is 17.2 Å². The van der Waals surface area contributed by atoms with Gasteiger partial charge in [-0.2, -0.15) is 0 Å². The molecule has 1 aliphatic heterocycles. The topological polar surface area (TPSA) is 94.5 Å². The summed E-state index contributed by atoms with van der Waals surface area (Å²) in [6, 6.07) is 9.05. The summed E-state index contributed by atoms with van der Waals surface area (Å²) in [6.07, 6.45) is -0.0399. The molecule has 1 unspecified atom stereocenters. The average Bonchev–Trinajstić information content (AvgIpc) is 3.08. The highest BCUT2D eigenvalue weighted by molar-refractivity contribution is 6.46. The lowest BCUT2D eigenvalue weighted by Crippen LogP contribution is -2.33. The van der Waals surface area contributed by atoms with Gasteiger partial charge in [-0.05, 0) is 37.6 Å².